The fourth-order valence-electron chi connectivity index (χ4n) is 2.34. The highest BCUT2D eigenvalue weighted by Gasteiger charge is 2.22. The van der Waals surface area contributed by atoms with Crippen molar-refractivity contribution in [2.75, 3.05) is 7.11 Å². The van der Waals surface area contributed by atoms with E-state index in [0.29, 0.717) is 0 Å². The number of ether oxygens (including phenoxy) is 1. The molecule has 1 aromatic carbocycles. The molecule has 0 aliphatic carbocycles. The van der Waals surface area contributed by atoms with E-state index >= 15 is 0 Å². The molecule has 2 atom stereocenters. The number of hydrogen-bond donors (Lipinski definition) is 1. The molecule has 1 N–H and O–H groups in total. The second-order valence-corrected chi connectivity index (χ2v) is 7.63. The molecule has 0 bridgehead atoms. The quantitative estimate of drug-likeness (QED) is 0.546. The third kappa shape index (κ3) is 6.45. The fourth-order valence-corrected chi connectivity index (χ4v) is 3.64. The van der Waals surface area contributed by atoms with Crippen LogP contribution in [0.3, 0.4) is 0 Å². The van der Waals surface area contributed by atoms with E-state index in [0.717, 1.165) is 24.8 Å². The van der Waals surface area contributed by atoms with Crippen molar-refractivity contribution in [3.63, 3.8) is 0 Å². The minimum Gasteiger partial charge on any atom is -0.466 e. The highest BCUT2D eigenvalue weighted by atomic mass is 32.2. The number of benzene rings is 1. The van der Waals surface area contributed by atoms with Gasteiger partial charge in [0, 0.05) is 12.1 Å². The molecule has 5 nitrogen and oxygen atoms in total. The number of carbonyl (C=O) groups excluding carboxylic acids is 1. The Kier molecular flexibility index (Phi) is 8.15. The summed E-state index contributed by atoms with van der Waals surface area (Å²) in [7, 11) is -2.27. The highest BCUT2D eigenvalue weighted by molar-refractivity contribution is 7.89. The summed E-state index contributed by atoms with van der Waals surface area (Å²) in [5.74, 6) is -0.519. The average Bonchev–Trinajstić information content (AvgIpc) is 2.54. The molecule has 0 fully saturated rings. The Morgan fingerprint density at radius 2 is 1.92 bits per heavy atom. The molecule has 0 unspecified atom stereocenters. The zero-order valence-electron chi connectivity index (χ0n) is 14.8. The zero-order valence-corrected chi connectivity index (χ0v) is 15.6. The van der Waals surface area contributed by atoms with Gasteiger partial charge in [-0.2, -0.15) is 0 Å². The molecule has 0 amide bonds. The molecule has 0 saturated heterocycles. The Balaban J connectivity index is 2.88. The van der Waals surface area contributed by atoms with Crippen molar-refractivity contribution < 1.29 is 17.9 Å². The van der Waals surface area contributed by atoms with Gasteiger partial charge in [-0.3, -0.25) is 0 Å². The van der Waals surface area contributed by atoms with Gasteiger partial charge in [-0.1, -0.05) is 43.5 Å². The monoisotopic (exact) mass is 353 g/mol. The lowest BCUT2D eigenvalue weighted by Gasteiger charge is -2.22. The number of methoxy groups -OCH3 is 1. The lowest BCUT2D eigenvalue weighted by molar-refractivity contribution is -0.134. The Labute approximate surface area is 145 Å². The van der Waals surface area contributed by atoms with Crippen LogP contribution < -0.4 is 4.72 Å². The summed E-state index contributed by atoms with van der Waals surface area (Å²) >= 11 is 0. The van der Waals surface area contributed by atoms with Gasteiger partial charge in [0.05, 0.1) is 12.0 Å². The van der Waals surface area contributed by atoms with Crippen LogP contribution in [0.1, 0.15) is 38.7 Å². The molecule has 6 heteroatoms. The number of carbonyl (C=O) groups is 1. The van der Waals surface area contributed by atoms with Crippen LogP contribution in [0.2, 0.25) is 0 Å². The van der Waals surface area contributed by atoms with E-state index in [1.807, 2.05) is 13.8 Å². The predicted octanol–water partition coefficient (Wildman–Crippen LogP) is 3.20. The zero-order chi connectivity index (χ0) is 18.2. The Morgan fingerprint density at radius 1 is 1.29 bits per heavy atom. The van der Waals surface area contributed by atoms with E-state index in [1.165, 1.54) is 13.2 Å². The molecular weight excluding hydrogens is 326 g/mol. The molecule has 1 aromatic rings. The van der Waals surface area contributed by atoms with E-state index < -0.39 is 16.0 Å². The molecule has 1 rings (SSSR count). The van der Waals surface area contributed by atoms with Crippen LogP contribution in [0.5, 0.6) is 0 Å². The van der Waals surface area contributed by atoms with Crippen molar-refractivity contribution in [3.8, 4) is 0 Å². The normalized spacial score (nSPS) is 14.5. The van der Waals surface area contributed by atoms with Gasteiger partial charge in [0.25, 0.3) is 0 Å². The summed E-state index contributed by atoms with van der Waals surface area (Å²) in [6.07, 6.45) is 5.83. The predicted molar refractivity (Wildman–Crippen MR) is 95.1 cm³/mol. The number of aryl methyl sites for hydroxylation is 1. The third-order valence-electron chi connectivity index (χ3n) is 3.89. The first-order valence-electron chi connectivity index (χ1n) is 8.15. The average molecular weight is 353 g/mol. The lowest BCUT2D eigenvalue weighted by Crippen LogP contribution is -2.37. The first-order chi connectivity index (χ1) is 11.3. The minimum atomic E-state index is -3.59. The number of unbranched alkanes of at least 4 members (excludes halogenated alkanes) is 1. The van der Waals surface area contributed by atoms with Gasteiger partial charge in [0.1, 0.15) is 0 Å². The molecule has 134 valence electrons. The van der Waals surface area contributed by atoms with Crippen LogP contribution >= 0.6 is 0 Å². The summed E-state index contributed by atoms with van der Waals surface area (Å²) < 4.78 is 32.3. The van der Waals surface area contributed by atoms with Gasteiger partial charge in [0.2, 0.25) is 10.0 Å². The Bertz CT molecular complexity index is 650. The topological polar surface area (TPSA) is 72.5 Å². The Hall–Kier alpha value is -1.66. The van der Waals surface area contributed by atoms with E-state index in [1.54, 1.807) is 30.3 Å². The first-order valence-corrected chi connectivity index (χ1v) is 9.63. The molecule has 0 aliphatic rings. The van der Waals surface area contributed by atoms with Crippen LogP contribution in [0.4, 0.5) is 0 Å². The van der Waals surface area contributed by atoms with Gasteiger partial charge in [0.15, 0.2) is 0 Å². The molecular formula is C18H27NO4S. The van der Waals surface area contributed by atoms with Crippen LogP contribution in [0.25, 0.3) is 0 Å². The highest BCUT2D eigenvalue weighted by Crippen LogP contribution is 2.18. The van der Waals surface area contributed by atoms with E-state index in [-0.39, 0.29) is 16.9 Å². The van der Waals surface area contributed by atoms with Crippen LogP contribution in [-0.2, 0) is 19.6 Å². The van der Waals surface area contributed by atoms with Gasteiger partial charge >= 0.3 is 5.97 Å². The molecule has 0 radical (unpaired) electrons. The van der Waals surface area contributed by atoms with Crippen LogP contribution in [0.15, 0.2) is 41.3 Å². The summed E-state index contributed by atoms with van der Waals surface area (Å²) in [6.45, 7) is 5.79. The van der Waals surface area contributed by atoms with Crippen molar-refractivity contribution >= 4 is 16.0 Å². The second-order valence-electron chi connectivity index (χ2n) is 5.91. The van der Waals surface area contributed by atoms with Crippen molar-refractivity contribution in [2.45, 2.75) is 51.0 Å². The maximum absolute atomic E-state index is 12.5. The number of sulfonamides is 1. The molecule has 0 saturated carbocycles. The van der Waals surface area contributed by atoms with Gasteiger partial charge < -0.3 is 4.74 Å². The number of hydrogen-bond acceptors (Lipinski definition) is 4. The molecule has 0 aromatic heterocycles. The summed E-state index contributed by atoms with van der Waals surface area (Å²) in [5, 5.41) is 0. The van der Waals surface area contributed by atoms with Crippen molar-refractivity contribution in [1.82, 2.24) is 4.72 Å². The standard InChI is InChI=1S/C18H27NO4S/c1-5-6-7-16(10-13-18(20)23-4)15(3)19-24(21,22)17-11-8-14(2)9-12-17/h8-13,15-16,19H,5-7H2,1-4H3/b13-10-/t15-,16-/m0/s1. The fraction of sp³-hybridized carbons (Fsp3) is 0.500. The first kappa shape index (κ1) is 20.4. The van der Waals surface area contributed by atoms with E-state index in [9.17, 15) is 13.2 Å². The summed E-state index contributed by atoms with van der Waals surface area (Å²) in [4.78, 5) is 11.5. The summed E-state index contributed by atoms with van der Waals surface area (Å²) in [6, 6.07) is 6.39. The number of esters is 1. The molecule has 0 spiro atoms. The van der Waals surface area contributed by atoms with Crippen LogP contribution in [-0.4, -0.2) is 27.5 Å². The number of rotatable bonds is 9. The summed E-state index contributed by atoms with van der Waals surface area (Å²) in [5.41, 5.74) is 1.00. The molecule has 24 heavy (non-hydrogen) atoms. The van der Waals surface area contributed by atoms with Crippen molar-refractivity contribution in [2.24, 2.45) is 5.92 Å². The SMILES string of the molecule is CCCC[C@@H](/C=C\C(=O)OC)[C@H](C)NS(=O)(=O)c1ccc(C)cc1. The molecule has 0 heterocycles. The van der Waals surface area contributed by atoms with E-state index in [2.05, 4.69) is 16.4 Å². The van der Waals surface area contributed by atoms with Crippen molar-refractivity contribution in [3.05, 3.63) is 42.0 Å². The van der Waals surface area contributed by atoms with Gasteiger partial charge in [-0.15, -0.1) is 0 Å². The largest absolute Gasteiger partial charge is 0.466 e. The van der Waals surface area contributed by atoms with Gasteiger partial charge in [-0.05, 0) is 38.3 Å². The van der Waals surface area contributed by atoms with Gasteiger partial charge in [-0.25, -0.2) is 17.9 Å². The lowest BCUT2D eigenvalue weighted by atomic mass is 9.95. The van der Waals surface area contributed by atoms with Crippen molar-refractivity contribution in [1.29, 1.82) is 0 Å². The second kappa shape index (κ2) is 9.59. The maximum atomic E-state index is 12.5. The minimum absolute atomic E-state index is 0.0794. The number of nitrogens with one attached hydrogen (secondary N) is 1. The Morgan fingerprint density at radius 3 is 2.46 bits per heavy atom. The maximum Gasteiger partial charge on any atom is 0.330 e. The molecule has 0 aliphatic heterocycles. The third-order valence-corrected chi connectivity index (χ3v) is 5.46. The van der Waals surface area contributed by atoms with E-state index in [4.69, 9.17) is 0 Å². The van der Waals surface area contributed by atoms with Crippen LogP contribution in [0, 0.1) is 12.8 Å². The smallest absolute Gasteiger partial charge is 0.330 e.